The van der Waals surface area contributed by atoms with Crippen LogP contribution in [0.2, 0.25) is 0 Å². The van der Waals surface area contributed by atoms with Crippen molar-refractivity contribution in [1.29, 1.82) is 0 Å². The molecule has 2 N–H and O–H groups in total. The Morgan fingerprint density at radius 3 is 2.48 bits per heavy atom. The number of para-hydroxylation sites is 1. The first-order valence-electron chi connectivity index (χ1n) is 10.9. The molecular weight excluding hydrogens is 503 g/mol. The van der Waals surface area contributed by atoms with E-state index in [1.165, 1.54) is 5.56 Å². The van der Waals surface area contributed by atoms with Crippen LogP contribution in [0.4, 0.5) is 0 Å². The zero-order chi connectivity index (χ0) is 21.5. The number of amides is 1. The van der Waals surface area contributed by atoms with Gasteiger partial charge in [-0.25, -0.2) is 9.67 Å². The van der Waals surface area contributed by atoms with Gasteiger partial charge in [0.2, 0.25) is 5.91 Å². The van der Waals surface area contributed by atoms with E-state index in [1.54, 1.807) is 7.05 Å². The molecule has 1 aromatic heterocycles. The van der Waals surface area contributed by atoms with E-state index < -0.39 is 0 Å². The monoisotopic (exact) mass is 538 g/mol. The lowest BCUT2D eigenvalue weighted by Gasteiger charge is -2.34. The van der Waals surface area contributed by atoms with Crippen LogP contribution in [0.15, 0.2) is 35.3 Å². The number of hydrogen-bond acceptors (Lipinski definition) is 3. The molecule has 1 saturated heterocycles. The fourth-order valence-corrected chi connectivity index (χ4v) is 4.02. The van der Waals surface area contributed by atoms with Crippen LogP contribution in [0.5, 0.6) is 0 Å². The van der Waals surface area contributed by atoms with E-state index in [-0.39, 0.29) is 29.9 Å². The minimum absolute atomic E-state index is 0. The number of piperidine rings is 1. The van der Waals surface area contributed by atoms with Crippen LogP contribution in [0.3, 0.4) is 0 Å². The quantitative estimate of drug-likeness (QED) is 0.336. The first-order valence-corrected chi connectivity index (χ1v) is 10.9. The minimum Gasteiger partial charge on any atom is -0.359 e. The summed E-state index contributed by atoms with van der Waals surface area (Å²) in [4.78, 5) is 18.9. The van der Waals surface area contributed by atoms with Gasteiger partial charge in [0.1, 0.15) is 0 Å². The molecule has 0 saturated carbocycles. The Hall–Kier alpha value is -2.10. The van der Waals surface area contributed by atoms with Gasteiger partial charge in [0.05, 0.1) is 17.9 Å². The van der Waals surface area contributed by atoms with Gasteiger partial charge < -0.3 is 15.5 Å². The Labute approximate surface area is 202 Å². The highest BCUT2D eigenvalue weighted by Crippen LogP contribution is 2.22. The van der Waals surface area contributed by atoms with Crippen molar-refractivity contribution >= 4 is 35.8 Å². The average Bonchev–Trinajstić information content (AvgIpc) is 3.05. The third-order valence-corrected chi connectivity index (χ3v) is 5.83. The molecule has 1 fully saturated rings. The van der Waals surface area contributed by atoms with E-state index in [4.69, 9.17) is 10.1 Å². The second kappa shape index (κ2) is 12.1. The molecule has 7 nitrogen and oxygen atoms in total. The number of likely N-dealkylation sites (tertiary alicyclic amines) is 1. The summed E-state index contributed by atoms with van der Waals surface area (Å²) in [5.41, 5.74) is 4.38. The molecule has 0 atom stereocenters. The maximum Gasteiger partial charge on any atom is 0.220 e. The molecule has 2 heterocycles. The second-order valence-corrected chi connectivity index (χ2v) is 7.87. The number of guanidine groups is 1. The largest absolute Gasteiger partial charge is 0.359 e. The number of aromatic nitrogens is 2. The number of carbonyl (C=O) groups excluding carboxylic acids is 1. The molecule has 0 radical (unpaired) electrons. The first kappa shape index (κ1) is 25.2. The highest BCUT2D eigenvalue weighted by Gasteiger charge is 2.23. The van der Waals surface area contributed by atoms with Crippen LogP contribution in [0.25, 0.3) is 5.69 Å². The summed E-state index contributed by atoms with van der Waals surface area (Å²) in [6, 6.07) is 10.2. The molecule has 3 rings (SSSR count). The molecule has 0 spiro atoms. The summed E-state index contributed by atoms with van der Waals surface area (Å²) in [6.45, 7) is 9.54. The number of nitrogens with one attached hydrogen (secondary N) is 2. The van der Waals surface area contributed by atoms with Gasteiger partial charge in [-0.15, -0.1) is 24.0 Å². The lowest BCUT2D eigenvalue weighted by molar-refractivity contribution is -0.121. The van der Waals surface area contributed by atoms with Crippen molar-refractivity contribution in [3.05, 3.63) is 47.3 Å². The smallest absolute Gasteiger partial charge is 0.220 e. The molecule has 0 bridgehead atoms. The van der Waals surface area contributed by atoms with Crippen molar-refractivity contribution in [2.45, 2.75) is 46.6 Å². The number of hydrogen-bond donors (Lipinski definition) is 2. The predicted molar refractivity (Wildman–Crippen MR) is 136 cm³/mol. The van der Waals surface area contributed by atoms with Gasteiger partial charge in [0.15, 0.2) is 5.96 Å². The predicted octanol–water partition coefficient (Wildman–Crippen LogP) is 3.42. The van der Waals surface area contributed by atoms with E-state index in [0.717, 1.165) is 55.5 Å². The second-order valence-electron chi connectivity index (χ2n) is 7.87. The Bertz CT molecular complexity index is 872. The molecular formula is C23H35IN6O. The molecule has 0 aliphatic carbocycles. The SMILES string of the molecule is CCNC(=NCc1c(C)nn(-c2ccccc2)c1C)N1CCC(CC(=O)NC)CC1.I. The van der Waals surface area contributed by atoms with Gasteiger partial charge in [0.25, 0.3) is 0 Å². The summed E-state index contributed by atoms with van der Waals surface area (Å²) in [6.07, 6.45) is 2.65. The number of carbonyl (C=O) groups is 1. The van der Waals surface area contributed by atoms with Crippen LogP contribution in [-0.4, -0.2) is 53.2 Å². The maximum absolute atomic E-state index is 11.7. The van der Waals surface area contributed by atoms with Crippen molar-refractivity contribution < 1.29 is 4.79 Å². The van der Waals surface area contributed by atoms with E-state index in [9.17, 15) is 4.79 Å². The average molecular weight is 538 g/mol. The van der Waals surface area contributed by atoms with Crippen molar-refractivity contribution in [3.63, 3.8) is 0 Å². The van der Waals surface area contributed by atoms with Gasteiger partial charge in [-0.3, -0.25) is 4.79 Å². The summed E-state index contributed by atoms with van der Waals surface area (Å²) >= 11 is 0. The molecule has 8 heteroatoms. The fourth-order valence-electron chi connectivity index (χ4n) is 4.02. The van der Waals surface area contributed by atoms with E-state index in [1.807, 2.05) is 22.9 Å². The zero-order valence-corrected chi connectivity index (χ0v) is 21.3. The van der Waals surface area contributed by atoms with Crippen LogP contribution in [-0.2, 0) is 11.3 Å². The topological polar surface area (TPSA) is 74.5 Å². The van der Waals surface area contributed by atoms with E-state index in [2.05, 4.69) is 48.4 Å². The van der Waals surface area contributed by atoms with Crippen molar-refractivity contribution in [3.8, 4) is 5.69 Å². The Morgan fingerprint density at radius 1 is 1.19 bits per heavy atom. The highest BCUT2D eigenvalue weighted by molar-refractivity contribution is 14.0. The molecule has 0 unspecified atom stereocenters. The zero-order valence-electron chi connectivity index (χ0n) is 19.0. The lowest BCUT2D eigenvalue weighted by atomic mass is 9.93. The number of aliphatic imine (C=N–C) groups is 1. The van der Waals surface area contributed by atoms with Crippen LogP contribution < -0.4 is 10.6 Å². The van der Waals surface area contributed by atoms with Gasteiger partial charge in [-0.1, -0.05) is 18.2 Å². The molecule has 2 aromatic rings. The minimum atomic E-state index is 0. The number of rotatable bonds is 6. The van der Waals surface area contributed by atoms with Crippen LogP contribution in [0, 0.1) is 19.8 Å². The number of benzene rings is 1. The summed E-state index contributed by atoms with van der Waals surface area (Å²) < 4.78 is 2.00. The van der Waals surface area contributed by atoms with Gasteiger partial charge >= 0.3 is 0 Å². The van der Waals surface area contributed by atoms with E-state index in [0.29, 0.717) is 18.9 Å². The van der Waals surface area contributed by atoms with Gasteiger partial charge in [-0.2, -0.15) is 5.10 Å². The normalized spacial score (nSPS) is 14.8. The first-order chi connectivity index (χ1) is 14.5. The number of halogens is 1. The third kappa shape index (κ3) is 6.44. The van der Waals surface area contributed by atoms with E-state index >= 15 is 0 Å². The Morgan fingerprint density at radius 2 is 1.87 bits per heavy atom. The summed E-state index contributed by atoms with van der Waals surface area (Å²) in [5.74, 6) is 1.54. The molecule has 1 aromatic carbocycles. The molecule has 1 aliphatic rings. The van der Waals surface area contributed by atoms with Gasteiger partial charge in [-0.05, 0) is 51.7 Å². The van der Waals surface area contributed by atoms with Crippen LogP contribution >= 0.6 is 24.0 Å². The van der Waals surface area contributed by atoms with Crippen molar-refractivity contribution in [2.75, 3.05) is 26.7 Å². The summed E-state index contributed by atoms with van der Waals surface area (Å²) in [7, 11) is 1.71. The Kier molecular flexibility index (Phi) is 9.80. The molecule has 1 aliphatic heterocycles. The lowest BCUT2D eigenvalue weighted by Crippen LogP contribution is -2.46. The Balaban J connectivity index is 0.00000341. The standard InChI is InChI=1S/C23H34N6O.HI/c1-5-25-23(28-13-11-19(12-14-28)15-22(30)24-4)26-16-21-17(2)27-29(18(21)3)20-9-7-6-8-10-20;/h6-10,19H,5,11-16H2,1-4H3,(H,24,30)(H,25,26);1H. The van der Waals surface area contributed by atoms with Crippen LogP contribution in [0.1, 0.15) is 43.1 Å². The number of nitrogens with zero attached hydrogens (tertiary/aromatic N) is 4. The third-order valence-electron chi connectivity index (χ3n) is 5.83. The maximum atomic E-state index is 11.7. The molecule has 1 amide bonds. The number of aryl methyl sites for hydroxylation is 1. The summed E-state index contributed by atoms with van der Waals surface area (Å²) in [5, 5.41) is 10.9. The highest BCUT2D eigenvalue weighted by atomic mass is 127. The van der Waals surface area contributed by atoms with Gasteiger partial charge in [0, 0.05) is 44.4 Å². The van der Waals surface area contributed by atoms with Crippen molar-refractivity contribution in [2.24, 2.45) is 10.9 Å². The fraction of sp³-hybridized carbons (Fsp3) is 0.522. The van der Waals surface area contributed by atoms with Crippen molar-refractivity contribution in [1.82, 2.24) is 25.3 Å². The molecule has 170 valence electrons. The molecule has 31 heavy (non-hydrogen) atoms.